The van der Waals surface area contributed by atoms with Gasteiger partial charge in [0.2, 0.25) is 5.28 Å². The van der Waals surface area contributed by atoms with E-state index in [0.717, 1.165) is 0 Å². The summed E-state index contributed by atoms with van der Waals surface area (Å²) in [5, 5.41) is 9.22. The SMILES string of the molecule is C=CCOC(=O)C1CCc2c(nc(Cl)nc2N2CCN(C(=O)OC(C)(C)C)[C@@H](CC#N)C2)C1=O. The van der Waals surface area contributed by atoms with Crippen LogP contribution in [0.1, 0.15) is 49.7 Å². The van der Waals surface area contributed by atoms with Crippen LogP contribution in [-0.4, -0.2) is 70.6 Å². The molecule has 1 amide bonds. The molecular formula is C23H28ClN5O5. The summed E-state index contributed by atoms with van der Waals surface area (Å²) in [5.74, 6) is -1.55. The molecule has 2 aliphatic rings. The molecule has 1 saturated heterocycles. The summed E-state index contributed by atoms with van der Waals surface area (Å²) in [6, 6.07) is 1.69. The lowest BCUT2D eigenvalue weighted by Gasteiger charge is -2.42. The van der Waals surface area contributed by atoms with Crippen molar-refractivity contribution in [1.29, 1.82) is 5.26 Å². The summed E-state index contributed by atoms with van der Waals surface area (Å²) in [4.78, 5) is 50.0. The summed E-state index contributed by atoms with van der Waals surface area (Å²) in [5.41, 5.74) is 0.0470. The molecule has 0 saturated carbocycles. The van der Waals surface area contributed by atoms with Crippen molar-refractivity contribution in [2.45, 2.75) is 51.7 Å². The fourth-order valence-corrected chi connectivity index (χ4v) is 4.25. The molecule has 10 nitrogen and oxygen atoms in total. The zero-order valence-corrected chi connectivity index (χ0v) is 20.3. The Kier molecular flexibility index (Phi) is 7.77. The zero-order valence-electron chi connectivity index (χ0n) is 19.5. The molecule has 11 heteroatoms. The van der Waals surface area contributed by atoms with Crippen LogP contribution in [0.5, 0.6) is 0 Å². The van der Waals surface area contributed by atoms with Crippen molar-refractivity contribution in [3.63, 3.8) is 0 Å². The second-order valence-corrected chi connectivity index (χ2v) is 9.49. The molecule has 3 rings (SSSR count). The number of hydrogen-bond acceptors (Lipinski definition) is 9. The normalized spacial score (nSPS) is 20.3. The lowest BCUT2D eigenvalue weighted by molar-refractivity contribution is -0.145. The maximum absolute atomic E-state index is 13.0. The molecule has 0 bridgehead atoms. The molecule has 1 aromatic heterocycles. The van der Waals surface area contributed by atoms with Crippen molar-refractivity contribution in [3.05, 3.63) is 29.2 Å². The Hall–Kier alpha value is -3.19. The van der Waals surface area contributed by atoms with Gasteiger partial charge in [-0.2, -0.15) is 5.26 Å². The van der Waals surface area contributed by atoms with Gasteiger partial charge < -0.3 is 19.3 Å². The highest BCUT2D eigenvalue weighted by molar-refractivity contribution is 6.28. The molecule has 34 heavy (non-hydrogen) atoms. The van der Waals surface area contributed by atoms with Crippen LogP contribution in [-0.2, 0) is 20.7 Å². The van der Waals surface area contributed by atoms with Gasteiger partial charge in [-0.25, -0.2) is 14.8 Å². The topological polar surface area (TPSA) is 126 Å². The Bertz CT molecular complexity index is 1030. The zero-order chi connectivity index (χ0) is 25.0. The number of hydrogen-bond donors (Lipinski definition) is 0. The van der Waals surface area contributed by atoms with E-state index in [1.165, 1.54) is 6.08 Å². The standard InChI is InChI=1S/C23H28ClN5O5/c1-5-12-33-20(31)16-7-6-15-17(18(16)30)26-21(24)27-19(15)28-10-11-29(14(13-28)8-9-25)22(32)34-23(2,3)4/h5,14,16H,1,6-8,10-13H2,2-4H3/t14-,16?/m0/s1. The fraction of sp³-hybridized carbons (Fsp3) is 0.565. The number of nitriles is 1. The molecule has 2 heterocycles. The van der Waals surface area contributed by atoms with Crippen LogP contribution in [0.2, 0.25) is 5.28 Å². The summed E-state index contributed by atoms with van der Waals surface area (Å²) in [6.45, 7) is 9.90. The molecule has 1 aliphatic carbocycles. The van der Waals surface area contributed by atoms with Gasteiger partial charge in [0.1, 0.15) is 29.6 Å². The van der Waals surface area contributed by atoms with Gasteiger partial charge in [-0.15, -0.1) is 0 Å². The number of nitrogens with zero attached hydrogens (tertiary/aromatic N) is 5. The van der Waals surface area contributed by atoms with Crippen LogP contribution in [0.25, 0.3) is 0 Å². The van der Waals surface area contributed by atoms with Crippen LogP contribution >= 0.6 is 11.6 Å². The molecule has 1 aromatic rings. The van der Waals surface area contributed by atoms with Gasteiger partial charge in [-0.3, -0.25) is 9.59 Å². The molecule has 1 fully saturated rings. The second-order valence-electron chi connectivity index (χ2n) is 9.15. The largest absolute Gasteiger partial charge is 0.461 e. The highest BCUT2D eigenvalue weighted by Gasteiger charge is 2.39. The molecule has 0 spiro atoms. The van der Waals surface area contributed by atoms with Crippen LogP contribution in [0.15, 0.2) is 12.7 Å². The van der Waals surface area contributed by atoms with Crippen LogP contribution in [0.3, 0.4) is 0 Å². The van der Waals surface area contributed by atoms with Crippen molar-refractivity contribution < 1.29 is 23.9 Å². The number of halogens is 1. The summed E-state index contributed by atoms with van der Waals surface area (Å²) in [7, 11) is 0. The lowest BCUT2D eigenvalue weighted by atomic mass is 9.85. The Morgan fingerprint density at radius 1 is 1.32 bits per heavy atom. The van der Waals surface area contributed by atoms with E-state index in [9.17, 15) is 19.6 Å². The number of piperazine rings is 1. The Morgan fingerprint density at radius 2 is 2.06 bits per heavy atom. The Morgan fingerprint density at radius 3 is 2.71 bits per heavy atom. The van der Waals surface area contributed by atoms with E-state index in [1.807, 2.05) is 4.90 Å². The number of carbonyl (C=O) groups excluding carboxylic acids is 3. The number of rotatable bonds is 5. The third-order valence-corrected chi connectivity index (χ3v) is 5.73. The number of Topliss-reactive ketones (excluding diaryl/α,β-unsaturated/α-hetero) is 1. The molecule has 0 N–H and O–H groups in total. The van der Waals surface area contributed by atoms with Gasteiger partial charge in [-0.1, -0.05) is 12.7 Å². The van der Waals surface area contributed by atoms with E-state index >= 15 is 0 Å². The van der Waals surface area contributed by atoms with E-state index < -0.39 is 35.4 Å². The van der Waals surface area contributed by atoms with Gasteiger partial charge >= 0.3 is 12.1 Å². The Balaban J connectivity index is 1.86. The van der Waals surface area contributed by atoms with E-state index in [-0.39, 0.29) is 30.4 Å². The van der Waals surface area contributed by atoms with Crippen LogP contribution in [0, 0.1) is 17.2 Å². The monoisotopic (exact) mass is 489 g/mol. The molecule has 182 valence electrons. The van der Waals surface area contributed by atoms with Gasteiger partial charge in [0.15, 0.2) is 5.78 Å². The maximum Gasteiger partial charge on any atom is 0.410 e. The lowest BCUT2D eigenvalue weighted by Crippen LogP contribution is -2.56. The van der Waals surface area contributed by atoms with Crippen molar-refractivity contribution >= 4 is 35.3 Å². The van der Waals surface area contributed by atoms with E-state index in [2.05, 4.69) is 22.6 Å². The molecular weight excluding hydrogens is 462 g/mol. The molecule has 0 radical (unpaired) electrons. The molecule has 2 atom stereocenters. The highest BCUT2D eigenvalue weighted by Crippen LogP contribution is 2.33. The smallest absolute Gasteiger partial charge is 0.410 e. The fourth-order valence-electron chi connectivity index (χ4n) is 4.08. The van der Waals surface area contributed by atoms with Crippen LogP contribution in [0.4, 0.5) is 10.6 Å². The summed E-state index contributed by atoms with van der Waals surface area (Å²) >= 11 is 6.16. The average molecular weight is 490 g/mol. The van der Waals surface area contributed by atoms with E-state index in [0.29, 0.717) is 37.4 Å². The second kappa shape index (κ2) is 10.4. The molecule has 1 unspecified atom stereocenters. The van der Waals surface area contributed by atoms with E-state index in [1.54, 1.807) is 25.7 Å². The van der Waals surface area contributed by atoms with Gasteiger partial charge in [0.05, 0.1) is 18.5 Å². The predicted octanol–water partition coefficient (Wildman–Crippen LogP) is 2.94. The van der Waals surface area contributed by atoms with Crippen molar-refractivity contribution in [3.8, 4) is 6.07 Å². The van der Waals surface area contributed by atoms with Gasteiger partial charge in [0.25, 0.3) is 0 Å². The van der Waals surface area contributed by atoms with Crippen molar-refractivity contribution in [2.24, 2.45) is 5.92 Å². The average Bonchev–Trinajstić information content (AvgIpc) is 2.76. The number of amides is 1. The number of aromatic nitrogens is 2. The quantitative estimate of drug-likeness (QED) is 0.265. The number of ketones is 1. The van der Waals surface area contributed by atoms with Gasteiger partial charge in [0, 0.05) is 25.2 Å². The molecule has 1 aliphatic heterocycles. The number of carbonyl (C=O) groups is 3. The first kappa shape index (κ1) is 25.4. The minimum atomic E-state index is -0.957. The first-order chi connectivity index (χ1) is 16.1. The Labute approximate surface area is 203 Å². The first-order valence-electron chi connectivity index (χ1n) is 11.1. The van der Waals surface area contributed by atoms with E-state index in [4.69, 9.17) is 21.1 Å². The minimum Gasteiger partial charge on any atom is -0.461 e. The molecule has 0 aromatic carbocycles. The first-order valence-corrected chi connectivity index (χ1v) is 11.4. The minimum absolute atomic E-state index is 0.0213. The van der Waals surface area contributed by atoms with Crippen molar-refractivity contribution in [1.82, 2.24) is 14.9 Å². The predicted molar refractivity (Wildman–Crippen MR) is 124 cm³/mol. The number of ether oxygens (including phenoxy) is 2. The van der Waals surface area contributed by atoms with Gasteiger partial charge in [-0.05, 0) is 45.2 Å². The summed E-state index contributed by atoms with van der Waals surface area (Å²) < 4.78 is 10.6. The third-order valence-electron chi connectivity index (χ3n) is 5.56. The number of anilines is 1. The maximum atomic E-state index is 13.0. The van der Waals surface area contributed by atoms with Crippen LogP contribution < -0.4 is 4.90 Å². The third kappa shape index (κ3) is 5.65. The van der Waals surface area contributed by atoms with Crippen molar-refractivity contribution in [2.75, 3.05) is 31.1 Å². The highest BCUT2D eigenvalue weighted by atomic mass is 35.5. The number of esters is 1. The summed E-state index contributed by atoms with van der Waals surface area (Å²) in [6.07, 6.45) is 1.71. The number of fused-ring (bicyclic) bond motifs is 1.